The van der Waals surface area contributed by atoms with Crippen LogP contribution in [0, 0.1) is 20.0 Å². The molecule has 0 aromatic rings. The Balaban J connectivity index is -0.0000000550. The molecule has 92 valence electrons. The van der Waals surface area contributed by atoms with Crippen molar-refractivity contribution < 1.29 is 58.9 Å². The molecule has 0 amide bonds. The van der Waals surface area contributed by atoms with E-state index in [2.05, 4.69) is 28.9 Å². The third-order valence-corrected chi connectivity index (χ3v) is 2.20. The largest absolute Gasteiger partial charge is 3.00 e. The molecule has 0 saturated carbocycles. The monoisotopic (exact) mass is 329 g/mol. The van der Waals surface area contributed by atoms with Gasteiger partial charge in [0.1, 0.15) is 0 Å². The van der Waals surface area contributed by atoms with Gasteiger partial charge in [-0.1, -0.05) is 32.1 Å². The zero-order chi connectivity index (χ0) is 8.10. The Bertz CT molecular complexity index is 194. The second kappa shape index (κ2) is 18.6. The maximum absolute atomic E-state index is 3.34. The number of hydrogen-bond donors (Lipinski definition) is 0. The molecule has 2 rings (SSSR count). The van der Waals surface area contributed by atoms with Crippen LogP contribution in [0.15, 0.2) is 17.2 Å². The molecule has 0 aliphatic heterocycles. The van der Waals surface area contributed by atoms with Crippen molar-refractivity contribution in [1.82, 2.24) is 0 Å². The third-order valence-electron chi connectivity index (χ3n) is 2.20. The first-order valence-electron chi connectivity index (χ1n) is 4.11. The van der Waals surface area contributed by atoms with E-state index in [1.165, 1.54) is 37.7 Å². The Morgan fingerprint density at radius 3 is 2.12 bits per heavy atom. The summed E-state index contributed by atoms with van der Waals surface area (Å²) in [6.07, 6.45) is 12.1. The van der Waals surface area contributed by atoms with Crippen molar-refractivity contribution in [2.24, 2.45) is 0 Å². The van der Waals surface area contributed by atoms with Crippen molar-refractivity contribution in [3.05, 3.63) is 37.3 Å². The summed E-state index contributed by atoms with van der Waals surface area (Å²) in [5.41, 5.74) is 3.22. The Morgan fingerprint density at radius 1 is 1.06 bits per heavy atom. The third kappa shape index (κ3) is 9.33. The molecule has 16 heavy (non-hydrogen) atoms. The molecule has 4 radical (unpaired) electrons. The molecule has 0 bridgehead atoms. The van der Waals surface area contributed by atoms with Crippen molar-refractivity contribution in [2.45, 2.75) is 32.1 Å². The summed E-state index contributed by atoms with van der Waals surface area (Å²) in [6.45, 7) is 3.06. The molecule has 0 aromatic heterocycles. The van der Waals surface area contributed by atoms with Gasteiger partial charge in [0.15, 0.2) is 0 Å². The first-order chi connectivity index (χ1) is 5.47. The van der Waals surface area contributed by atoms with Gasteiger partial charge in [-0.25, -0.2) is 21.4 Å². The van der Waals surface area contributed by atoms with E-state index in [1.807, 2.05) is 0 Å². The Hall–Kier alpha value is 1.28. The van der Waals surface area contributed by atoms with Crippen LogP contribution in [-0.2, 0) is 21.7 Å². The van der Waals surface area contributed by atoms with Gasteiger partial charge in [-0.15, -0.1) is 0 Å². The molecule has 0 unspecified atom stereocenters. The topological polar surface area (TPSA) is 0 Å². The minimum Gasteiger partial charge on any atom is -1.00 e. The van der Waals surface area contributed by atoms with E-state index in [4.69, 9.17) is 0 Å². The Kier molecular flexibility index (Phi) is 35.4. The predicted octanol–water partition coefficient (Wildman–Crippen LogP) is -5.97. The molecule has 0 fully saturated rings. The molecular weight excluding hydrogens is 314 g/mol. The van der Waals surface area contributed by atoms with Crippen molar-refractivity contribution in [2.75, 3.05) is 0 Å². The van der Waals surface area contributed by atoms with Crippen LogP contribution in [0.3, 0.4) is 0 Å². The van der Waals surface area contributed by atoms with Gasteiger partial charge in [-0.3, -0.25) is 6.08 Å². The molecule has 2 aliphatic rings. The van der Waals surface area contributed by atoms with Crippen LogP contribution in [-0.4, -0.2) is 10.2 Å². The van der Waals surface area contributed by atoms with Crippen molar-refractivity contribution >= 4 is 10.2 Å². The zero-order valence-corrected chi connectivity index (χ0v) is 14.3. The molecule has 5 heteroatoms. The van der Waals surface area contributed by atoms with E-state index >= 15 is 0 Å². The SMILES string of the molecule is [C-]1=CCCC2=C1CCC2.[CH2-][Si].[CH3-].[Cl-].[Cl-].[Cl-].[Ti+3]. The molecule has 0 aromatic carbocycles. The van der Waals surface area contributed by atoms with Crippen molar-refractivity contribution in [1.29, 1.82) is 0 Å². The van der Waals surface area contributed by atoms with Crippen LogP contribution in [0.5, 0.6) is 0 Å². The smallest absolute Gasteiger partial charge is 1.00 e. The maximum Gasteiger partial charge on any atom is 3.00 e. The van der Waals surface area contributed by atoms with Gasteiger partial charge in [0.2, 0.25) is 0 Å². The first-order valence-corrected chi connectivity index (χ1v) is 4.82. The number of hydrogen-bond acceptors (Lipinski definition) is 0. The van der Waals surface area contributed by atoms with Gasteiger partial charge in [0.25, 0.3) is 0 Å². The van der Waals surface area contributed by atoms with E-state index in [1.54, 1.807) is 5.57 Å². The van der Waals surface area contributed by atoms with Crippen LogP contribution in [0.1, 0.15) is 32.1 Å². The number of rotatable bonds is 0. The van der Waals surface area contributed by atoms with Crippen LogP contribution in [0.2, 0.25) is 0 Å². The van der Waals surface area contributed by atoms with E-state index in [9.17, 15) is 0 Å². The Morgan fingerprint density at radius 2 is 1.62 bits per heavy atom. The normalized spacial score (nSPS) is 14.4. The van der Waals surface area contributed by atoms with Crippen LogP contribution in [0.4, 0.5) is 0 Å². The molecule has 0 saturated heterocycles. The molecular formula is C11H16Cl3SiTi-3. The minimum absolute atomic E-state index is 0. The predicted molar refractivity (Wildman–Crippen MR) is 55.4 cm³/mol. The minimum atomic E-state index is 0. The summed E-state index contributed by atoms with van der Waals surface area (Å²) in [4.78, 5) is 0. The van der Waals surface area contributed by atoms with E-state index < -0.39 is 0 Å². The van der Waals surface area contributed by atoms with Gasteiger partial charge in [0, 0.05) is 0 Å². The van der Waals surface area contributed by atoms with Crippen LogP contribution >= 0.6 is 0 Å². The number of halogens is 3. The molecule has 0 atom stereocenters. The van der Waals surface area contributed by atoms with Crippen LogP contribution < -0.4 is 37.2 Å². The van der Waals surface area contributed by atoms with E-state index in [0.717, 1.165) is 0 Å². The Labute approximate surface area is 138 Å². The standard InChI is InChI=1S/C9H11.CH2Si.CH3.3ClH.Ti/c1-2-5-9-7-3-6-8(9)4-1;1-2;;;;;/h1H,2-3,5-7H2;1H2;1H3;3*1H;/q3*-1;;;;+3/p-3. The molecule has 0 nitrogen and oxygen atoms in total. The molecule has 0 heterocycles. The summed E-state index contributed by atoms with van der Waals surface area (Å²) in [5, 5.41) is 0. The fourth-order valence-corrected chi connectivity index (χ4v) is 1.70. The molecule has 2 aliphatic carbocycles. The first kappa shape index (κ1) is 30.4. The maximum atomic E-state index is 3.34. The quantitative estimate of drug-likeness (QED) is 0.307. The van der Waals surface area contributed by atoms with Gasteiger partial charge in [-0.2, -0.15) is 6.08 Å². The van der Waals surface area contributed by atoms with Gasteiger partial charge in [-0.05, 0) is 0 Å². The summed E-state index contributed by atoms with van der Waals surface area (Å²) in [5.74, 6) is 0. The van der Waals surface area contributed by atoms with E-state index in [-0.39, 0.29) is 66.4 Å². The van der Waals surface area contributed by atoms with Gasteiger partial charge >= 0.3 is 21.7 Å². The fourth-order valence-electron chi connectivity index (χ4n) is 1.70. The van der Waals surface area contributed by atoms with Crippen molar-refractivity contribution in [3.63, 3.8) is 0 Å². The van der Waals surface area contributed by atoms with E-state index in [0.29, 0.717) is 0 Å². The second-order valence-corrected chi connectivity index (χ2v) is 2.82. The number of allylic oxidation sites excluding steroid dienone is 4. The zero-order valence-electron chi connectivity index (χ0n) is 9.45. The summed E-state index contributed by atoms with van der Waals surface area (Å²) in [7, 11) is 2.72. The van der Waals surface area contributed by atoms with Gasteiger partial charge < -0.3 is 51.2 Å². The summed E-state index contributed by atoms with van der Waals surface area (Å²) < 4.78 is 0. The summed E-state index contributed by atoms with van der Waals surface area (Å²) >= 11 is 0. The molecule has 0 spiro atoms. The summed E-state index contributed by atoms with van der Waals surface area (Å²) in [6, 6.07) is 0. The molecule has 0 N–H and O–H groups in total. The fraction of sp³-hybridized carbons (Fsp3) is 0.455. The van der Waals surface area contributed by atoms with Crippen molar-refractivity contribution in [3.8, 4) is 0 Å². The second-order valence-electron chi connectivity index (χ2n) is 2.82. The average Bonchev–Trinajstić information content (AvgIpc) is 2.55. The van der Waals surface area contributed by atoms with Gasteiger partial charge in [0.05, 0.1) is 0 Å². The van der Waals surface area contributed by atoms with Crippen LogP contribution in [0.25, 0.3) is 0 Å². The average molecular weight is 331 g/mol.